The molecule has 3 heteroatoms. The van der Waals surface area contributed by atoms with Gasteiger partial charge in [-0.25, -0.2) is 0 Å². The minimum Gasteiger partial charge on any atom is -0.497 e. The van der Waals surface area contributed by atoms with Crippen LogP contribution < -0.4 is 10.5 Å². The molecule has 3 nitrogen and oxygen atoms in total. The Morgan fingerprint density at radius 1 is 1.33 bits per heavy atom. The number of rotatable bonds is 1. The van der Waals surface area contributed by atoms with Gasteiger partial charge in [0.25, 0.3) is 0 Å². The smallest absolute Gasteiger partial charge is 0.121 e. The summed E-state index contributed by atoms with van der Waals surface area (Å²) in [5.41, 5.74) is 9.82. The topological polar surface area (TPSA) is 51.0 Å². The summed E-state index contributed by atoms with van der Waals surface area (Å²) >= 11 is 0. The van der Waals surface area contributed by atoms with Crippen LogP contribution in [0.3, 0.4) is 0 Å². The number of benzene rings is 1. The molecule has 0 amide bonds. The van der Waals surface area contributed by atoms with E-state index in [1.54, 1.807) is 7.11 Å². The van der Waals surface area contributed by atoms with E-state index in [2.05, 4.69) is 17.2 Å². The Bertz CT molecular complexity index is 516. The molecule has 1 heterocycles. The first kappa shape index (κ1) is 8.80. The van der Waals surface area contributed by atoms with Crippen molar-refractivity contribution in [1.29, 1.82) is 0 Å². The van der Waals surface area contributed by atoms with Gasteiger partial charge in [-0.05, 0) is 30.0 Å². The lowest BCUT2D eigenvalue weighted by atomic mass is 9.90. The van der Waals surface area contributed by atoms with E-state index in [9.17, 15) is 0 Å². The maximum Gasteiger partial charge on any atom is 0.121 e. The summed E-state index contributed by atoms with van der Waals surface area (Å²) < 4.78 is 5.27. The van der Waals surface area contributed by atoms with Crippen molar-refractivity contribution in [2.75, 3.05) is 7.11 Å². The van der Waals surface area contributed by atoms with Crippen molar-refractivity contribution in [3.8, 4) is 5.75 Å². The van der Waals surface area contributed by atoms with Crippen molar-refractivity contribution in [2.45, 2.75) is 18.9 Å². The zero-order chi connectivity index (χ0) is 10.4. The summed E-state index contributed by atoms with van der Waals surface area (Å²) in [5.74, 6) is 0.903. The average Bonchev–Trinajstić information content (AvgIpc) is 2.62. The highest BCUT2D eigenvalue weighted by molar-refractivity contribution is 5.89. The first-order chi connectivity index (χ1) is 7.28. The van der Waals surface area contributed by atoms with Crippen LogP contribution in [-0.4, -0.2) is 18.1 Å². The third kappa shape index (κ3) is 1.23. The second-order valence-corrected chi connectivity index (χ2v) is 4.19. The summed E-state index contributed by atoms with van der Waals surface area (Å²) in [6.45, 7) is 0. The Morgan fingerprint density at radius 2 is 2.13 bits per heavy atom. The Labute approximate surface area is 88.2 Å². The third-order valence-corrected chi connectivity index (χ3v) is 3.12. The summed E-state index contributed by atoms with van der Waals surface area (Å²) in [7, 11) is 1.69. The number of methoxy groups -OCH3 is 1. The SMILES string of the molecule is COc1cc2c3c(c[nH]c3c1)CC(N)C2. The lowest BCUT2D eigenvalue weighted by Gasteiger charge is -2.19. The Kier molecular flexibility index (Phi) is 1.76. The zero-order valence-corrected chi connectivity index (χ0v) is 8.71. The van der Waals surface area contributed by atoms with Crippen molar-refractivity contribution >= 4 is 10.9 Å². The van der Waals surface area contributed by atoms with E-state index in [0.717, 1.165) is 24.1 Å². The van der Waals surface area contributed by atoms with E-state index in [-0.39, 0.29) is 6.04 Å². The number of hydrogen-bond acceptors (Lipinski definition) is 2. The lowest BCUT2D eigenvalue weighted by molar-refractivity contribution is 0.414. The molecule has 1 unspecified atom stereocenters. The van der Waals surface area contributed by atoms with E-state index in [1.807, 2.05) is 6.07 Å². The predicted octanol–water partition coefficient (Wildman–Crippen LogP) is 1.60. The van der Waals surface area contributed by atoms with Crippen LogP contribution in [0.2, 0.25) is 0 Å². The monoisotopic (exact) mass is 202 g/mol. The van der Waals surface area contributed by atoms with Crippen molar-refractivity contribution in [2.24, 2.45) is 5.73 Å². The molecule has 1 atom stereocenters. The highest BCUT2D eigenvalue weighted by Crippen LogP contribution is 2.32. The summed E-state index contributed by atoms with van der Waals surface area (Å²) in [6, 6.07) is 4.38. The maximum absolute atomic E-state index is 6.02. The number of nitrogens with two attached hydrogens (primary N) is 1. The molecular formula is C12H14N2O. The van der Waals surface area contributed by atoms with E-state index in [1.165, 1.54) is 16.5 Å². The molecule has 0 aliphatic heterocycles. The minimum absolute atomic E-state index is 0.239. The second kappa shape index (κ2) is 3.00. The summed E-state index contributed by atoms with van der Waals surface area (Å²) in [4.78, 5) is 3.28. The van der Waals surface area contributed by atoms with Crippen molar-refractivity contribution in [3.05, 3.63) is 29.5 Å². The number of hydrogen-bond donors (Lipinski definition) is 2. The van der Waals surface area contributed by atoms with E-state index in [0.29, 0.717) is 0 Å². The maximum atomic E-state index is 6.02. The van der Waals surface area contributed by atoms with Crippen LogP contribution >= 0.6 is 0 Å². The van der Waals surface area contributed by atoms with Crippen LogP contribution in [0.25, 0.3) is 10.9 Å². The van der Waals surface area contributed by atoms with Crippen LogP contribution in [0.4, 0.5) is 0 Å². The van der Waals surface area contributed by atoms with Gasteiger partial charge >= 0.3 is 0 Å². The summed E-state index contributed by atoms with van der Waals surface area (Å²) in [5, 5.41) is 1.34. The van der Waals surface area contributed by atoms with E-state index >= 15 is 0 Å². The van der Waals surface area contributed by atoms with E-state index < -0.39 is 0 Å². The molecule has 1 aliphatic rings. The van der Waals surface area contributed by atoms with Gasteiger partial charge in [0.15, 0.2) is 0 Å². The molecule has 2 aromatic rings. The minimum atomic E-state index is 0.239. The number of H-pyrrole nitrogens is 1. The van der Waals surface area contributed by atoms with Gasteiger partial charge in [0.05, 0.1) is 7.11 Å². The zero-order valence-electron chi connectivity index (χ0n) is 8.71. The second-order valence-electron chi connectivity index (χ2n) is 4.19. The highest BCUT2D eigenvalue weighted by Gasteiger charge is 2.19. The molecule has 0 radical (unpaired) electrons. The molecule has 0 saturated carbocycles. The first-order valence-corrected chi connectivity index (χ1v) is 5.20. The fraction of sp³-hybridized carbons (Fsp3) is 0.333. The fourth-order valence-electron chi connectivity index (χ4n) is 2.48. The van der Waals surface area contributed by atoms with Crippen LogP contribution in [0.1, 0.15) is 11.1 Å². The van der Waals surface area contributed by atoms with Gasteiger partial charge < -0.3 is 15.5 Å². The quantitative estimate of drug-likeness (QED) is 0.738. The molecule has 0 fully saturated rings. The molecule has 0 spiro atoms. The van der Waals surface area contributed by atoms with Crippen LogP contribution in [-0.2, 0) is 12.8 Å². The number of aromatic amines is 1. The van der Waals surface area contributed by atoms with Crippen LogP contribution in [0.15, 0.2) is 18.3 Å². The van der Waals surface area contributed by atoms with Gasteiger partial charge in [0.1, 0.15) is 5.75 Å². The third-order valence-electron chi connectivity index (χ3n) is 3.12. The molecule has 3 N–H and O–H groups in total. The Hall–Kier alpha value is -1.48. The molecule has 3 rings (SSSR count). The number of nitrogens with one attached hydrogen (secondary N) is 1. The van der Waals surface area contributed by atoms with Gasteiger partial charge in [-0.2, -0.15) is 0 Å². The van der Waals surface area contributed by atoms with Crippen LogP contribution in [0.5, 0.6) is 5.75 Å². The van der Waals surface area contributed by atoms with Gasteiger partial charge in [-0.1, -0.05) is 0 Å². The van der Waals surface area contributed by atoms with Crippen molar-refractivity contribution in [3.63, 3.8) is 0 Å². The molecule has 78 valence electrons. The number of ether oxygens (including phenoxy) is 1. The van der Waals surface area contributed by atoms with Gasteiger partial charge in [-0.3, -0.25) is 0 Å². The average molecular weight is 202 g/mol. The van der Waals surface area contributed by atoms with E-state index in [4.69, 9.17) is 10.5 Å². The van der Waals surface area contributed by atoms with Crippen molar-refractivity contribution < 1.29 is 4.74 Å². The fourth-order valence-corrected chi connectivity index (χ4v) is 2.48. The number of aromatic nitrogens is 1. The first-order valence-electron chi connectivity index (χ1n) is 5.20. The molecule has 1 aliphatic carbocycles. The normalized spacial score (nSPS) is 19.5. The van der Waals surface area contributed by atoms with Gasteiger partial charge in [0, 0.05) is 29.2 Å². The van der Waals surface area contributed by atoms with Gasteiger partial charge in [0.2, 0.25) is 0 Å². The Balaban J connectivity index is 2.30. The molecule has 1 aromatic carbocycles. The van der Waals surface area contributed by atoms with Gasteiger partial charge in [-0.15, -0.1) is 0 Å². The molecule has 0 bridgehead atoms. The van der Waals surface area contributed by atoms with Crippen molar-refractivity contribution in [1.82, 2.24) is 4.98 Å². The Morgan fingerprint density at radius 3 is 2.93 bits per heavy atom. The molecule has 15 heavy (non-hydrogen) atoms. The standard InChI is InChI=1S/C12H14N2O/c1-15-10-4-7-2-9(13)3-8-6-14-11(5-10)12(7)8/h4-6,9,14H,2-3,13H2,1H3. The van der Waals surface area contributed by atoms with Crippen LogP contribution in [0, 0.1) is 0 Å². The predicted molar refractivity (Wildman–Crippen MR) is 60.2 cm³/mol. The molecule has 0 saturated heterocycles. The largest absolute Gasteiger partial charge is 0.497 e. The lowest BCUT2D eigenvalue weighted by Crippen LogP contribution is -2.28. The highest BCUT2D eigenvalue weighted by atomic mass is 16.5. The summed E-state index contributed by atoms with van der Waals surface area (Å²) in [6.07, 6.45) is 3.98. The molecular weight excluding hydrogens is 188 g/mol. The molecule has 1 aromatic heterocycles.